The van der Waals surface area contributed by atoms with Gasteiger partial charge in [-0.15, -0.1) is 5.10 Å². The lowest BCUT2D eigenvalue weighted by Gasteiger charge is -2.19. The Hall–Kier alpha value is -1.69. The van der Waals surface area contributed by atoms with Crippen molar-refractivity contribution in [3.8, 4) is 6.01 Å². The maximum atomic E-state index is 5.42. The summed E-state index contributed by atoms with van der Waals surface area (Å²) in [7, 11) is 0. The van der Waals surface area contributed by atoms with Gasteiger partial charge in [0.1, 0.15) is 17.9 Å². The third-order valence-corrected chi connectivity index (χ3v) is 2.40. The van der Waals surface area contributed by atoms with Crippen molar-refractivity contribution in [2.45, 2.75) is 46.7 Å². The number of oxazole rings is 1. The number of nitrogens with one attached hydrogen (secondary N) is 1. The van der Waals surface area contributed by atoms with Crippen LogP contribution in [0.3, 0.4) is 0 Å². The van der Waals surface area contributed by atoms with Crippen molar-refractivity contribution >= 4 is 0 Å². The van der Waals surface area contributed by atoms with Gasteiger partial charge >= 0.3 is 6.01 Å². The van der Waals surface area contributed by atoms with Crippen LogP contribution < -0.4 is 5.32 Å². The van der Waals surface area contributed by atoms with Crippen LogP contribution in [0.25, 0.3) is 6.01 Å². The summed E-state index contributed by atoms with van der Waals surface area (Å²) in [6.07, 6.45) is 1.64. The van der Waals surface area contributed by atoms with E-state index in [0.29, 0.717) is 18.4 Å². The highest BCUT2D eigenvalue weighted by Crippen LogP contribution is 2.10. The number of aromatic nitrogens is 4. The first kappa shape index (κ1) is 12.8. The van der Waals surface area contributed by atoms with Gasteiger partial charge in [-0.2, -0.15) is 9.67 Å². The molecule has 0 amide bonds. The van der Waals surface area contributed by atoms with Crippen molar-refractivity contribution in [1.82, 2.24) is 25.1 Å². The smallest absolute Gasteiger partial charge is 0.324 e. The molecule has 2 aromatic heterocycles. The number of hydrogen-bond donors (Lipinski definition) is 1. The molecule has 0 aliphatic heterocycles. The molecule has 0 aromatic carbocycles. The van der Waals surface area contributed by atoms with Gasteiger partial charge in [0.05, 0.1) is 5.69 Å². The Balaban J connectivity index is 2.13. The van der Waals surface area contributed by atoms with Crippen molar-refractivity contribution in [3.05, 3.63) is 23.6 Å². The second-order valence-corrected chi connectivity index (χ2v) is 5.34. The largest absolute Gasteiger partial charge is 0.430 e. The predicted molar refractivity (Wildman–Crippen MR) is 67.5 cm³/mol. The van der Waals surface area contributed by atoms with Crippen LogP contribution in [-0.4, -0.2) is 25.3 Å². The predicted octanol–water partition coefficient (Wildman–Crippen LogP) is 1.76. The second-order valence-electron chi connectivity index (χ2n) is 5.34. The molecule has 0 atom stereocenters. The zero-order valence-corrected chi connectivity index (χ0v) is 11.5. The van der Waals surface area contributed by atoms with Crippen LogP contribution in [0.15, 0.2) is 10.7 Å². The topological polar surface area (TPSA) is 68.8 Å². The molecule has 98 valence electrons. The van der Waals surface area contributed by atoms with Gasteiger partial charge in [-0.1, -0.05) is 0 Å². The van der Waals surface area contributed by atoms with E-state index < -0.39 is 0 Å². The van der Waals surface area contributed by atoms with E-state index in [2.05, 4.69) is 41.2 Å². The van der Waals surface area contributed by atoms with Crippen LogP contribution in [0.2, 0.25) is 0 Å². The van der Waals surface area contributed by atoms with Crippen LogP contribution >= 0.6 is 0 Å². The highest BCUT2D eigenvalue weighted by molar-refractivity contribution is 5.11. The van der Waals surface area contributed by atoms with Crippen molar-refractivity contribution in [2.24, 2.45) is 0 Å². The molecule has 18 heavy (non-hydrogen) atoms. The summed E-state index contributed by atoms with van der Waals surface area (Å²) >= 11 is 0. The van der Waals surface area contributed by atoms with E-state index in [1.54, 1.807) is 10.9 Å². The number of aryl methyl sites for hydroxylation is 2. The summed E-state index contributed by atoms with van der Waals surface area (Å²) in [5.74, 6) is 1.48. The molecule has 0 saturated heterocycles. The molecule has 0 bridgehead atoms. The SMILES string of the molecule is Cc1nc(C)n(-c2nc(CNC(C)(C)C)co2)n1. The lowest BCUT2D eigenvalue weighted by Crippen LogP contribution is -2.35. The molecule has 0 saturated carbocycles. The van der Waals surface area contributed by atoms with E-state index in [1.807, 2.05) is 13.8 Å². The third kappa shape index (κ3) is 2.95. The summed E-state index contributed by atoms with van der Waals surface area (Å²) in [5.41, 5.74) is 0.909. The maximum Gasteiger partial charge on any atom is 0.324 e. The Morgan fingerprint density at radius 1 is 1.28 bits per heavy atom. The standard InChI is InChI=1S/C12H19N5O/c1-8-14-9(2)17(16-8)11-15-10(7-18-11)6-13-12(3,4)5/h7,13H,6H2,1-5H3. The molecule has 6 nitrogen and oxygen atoms in total. The summed E-state index contributed by atoms with van der Waals surface area (Å²) in [6, 6.07) is 0.457. The Morgan fingerprint density at radius 3 is 2.56 bits per heavy atom. The fourth-order valence-electron chi connectivity index (χ4n) is 1.53. The minimum atomic E-state index is 0.0544. The monoisotopic (exact) mass is 249 g/mol. The fourth-order valence-corrected chi connectivity index (χ4v) is 1.53. The van der Waals surface area contributed by atoms with Gasteiger partial charge in [0, 0.05) is 12.1 Å². The van der Waals surface area contributed by atoms with Crippen molar-refractivity contribution in [2.75, 3.05) is 0 Å². The normalized spacial score (nSPS) is 12.1. The average molecular weight is 249 g/mol. The number of hydrogen-bond acceptors (Lipinski definition) is 5. The first-order valence-electron chi connectivity index (χ1n) is 5.95. The Labute approximate surface area is 106 Å². The van der Waals surface area contributed by atoms with Crippen molar-refractivity contribution in [3.63, 3.8) is 0 Å². The molecule has 2 heterocycles. The van der Waals surface area contributed by atoms with Crippen LogP contribution in [0, 0.1) is 13.8 Å². The molecule has 0 aliphatic rings. The Morgan fingerprint density at radius 2 is 2.00 bits per heavy atom. The molecule has 6 heteroatoms. The lowest BCUT2D eigenvalue weighted by atomic mass is 10.1. The molecule has 0 unspecified atom stereocenters. The van der Waals surface area contributed by atoms with E-state index in [4.69, 9.17) is 4.42 Å². The highest BCUT2D eigenvalue weighted by Gasteiger charge is 2.13. The molecule has 0 aliphatic carbocycles. The fraction of sp³-hybridized carbons (Fsp3) is 0.583. The van der Waals surface area contributed by atoms with Gasteiger partial charge in [-0.3, -0.25) is 0 Å². The van der Waals surface area contributed by atoms with Crippen LogP contribution in [-0.2, 0) is 6.54 Å². The summed E-state index contributed by atoms with van der Waals surface area (Å²) < 4.78 is 7.03. The first-order chi connectivity index (χ1) is 8.35. The Kier molecular flexibility index (Phi) is 3.21. The van der Waals surface area contributed by atoms with Crippen LogP contribution in [0.5, 0.6) is 0 Å². The average Bonchev–Trinajstić information content (AvgIpc) is 2.81. The molecular formula is C12H19N5O. The van der Waals surface area contributed by atoms with E-state index in [1.165, 1.54) is 0 Å². The quantitative estimate of drug-likeness (QED) is 0.897. The molecule has 0 radical (unpaired) electrons. The van der Waals surface area contributed by atoms with E-state index in [0.717, 1.165) is 11.5 Å². The molecule has 2 aromatic rings. The van der Waals surface area contributed by atoms with Gasteiger partial charge in [0.2, 0.25) is 0 Å². The van der Waals surface area contributed by atoms with Gasteiger partial charge in [0.15, 0.2) is 0 Å². The highest BCUT2D eigenvalue weighted by atomic mass is 16.4. The number of nitrogens with zero attached hydrogens (tertiary/aromatic N) is 4. The maximum absolute atomic E-state index is 5.42. The lowest BCUT2D eigenvalue weighted by molar-refractivity contribution is 0.420. The minimum Gasteiger partial charge on any atom is -0.430 e. The summed E-state index contributed by atoms with van der Waals surface area (Å²) in [5, 5.41) is 7.59. The zero-order chi connectivity index (χ0) is 13.3. The number of rotatable bonds is 3. The van der Waals surface area contributed by atoms with Gasteiger partial charge in [-0.25, -0.2) is 4.98 Å². The van der Waals surface area contributed by atoms with E-state index >= 15 is 0 Å². The van der Waals surface area contributed by atoms with Gasteiger partial charge in [0.25, 0.3) is 0 Å². The molecular weight excluding hydrogens is 230 g/mol. The molecule has 2 rings (SSSR count). The first-order valence-corrected chi connectivity index (χ1v) is 5.95. The summed E-state index contributed by atoms with van der Waals surface area (Å²) in [4.78, 5) is 8.61. The van der Waals surface area contributed by atoms with Crippen LogP contribution in [0.1, 0.15) is 38.1 Å². The molecule has 1 N–H and O–H groups in total. The van der Waals surface area contributed by atoms with Gasteiger partial charge < -0.3 is 9.73 Å². The zero-order valence-electron chi connectivity index (χ0n) is 11.5. The second kappa shape index (κ2) is 4.53. The van der Waals surface area contributed by atoms with Crippen molar-refractivity contribution < 1.29 is 4.42 Å². The van der Waals surface area contributed by atoms with E-state index in [9.17, 15) is 0 Å². The third-order valence-electron chi connectivity index (χ3n) is 2.40. The summed E-state index contributed by atoms with van der Waals surface area (Å²) in [6.45, 7) is 10.7. The van der Waals surface area contributed by atoms with Crippen molar-refractivity contribution in [1.29, 1.82) is 0 Å². The van der Waals surface area contributed by atoms with E-state index in [-0.39, 0.29) is 5.54 Å². The molecule has 0 spiro atoms. The Bertz CT molecular complexity index is 535. The van der Waals surface area contributed by atoms with Gasteiger partial charge in [-0.05, 0) is 34.6 Å². The van der Waals surface area contributed by atoms with Crippen LogP contribution in [0.4, 0.5) is 0 Å². The molecule has 0 fully saturated rings. The minimum absolute atomic E-state index is 0.0544.